The van der Waals surface area contributed by atoms with Crippen molar-refractivity contribution in [1.29, 1.82) is 0 Å². The number of hydrogen-bond acceptors (Lipinski definition) is 3. The number of thiophene rings is 1. The van der Waals surface area contributed by atoms with Crippen LogP contribution >= 0.6 is 11.3 Å². The van der Waals surface area contributed by atoms with Crippen LogP contribution < -0.4 is 16.4 Å². The van der Waals surface area contributed by atoms with Crippen LogP contribution in [0.2, 0.25) is 0 Å². The van der Waals surface area contributed by atoms with Crippen molar-refractivity contribution in [3.63, 3.8) is 0 Å². The molecule has 3 rings (SSSR count). The third-order valence-electron chi connectivity index (χ3n) is 3.32. The molecule has 0 saturated heterocycles. The molecule has 23 heavy (non-hydrogen) atoms. The molecule has 0 aliphatic heterocycles. The third-order valence-corrected chi connectivity index (χ3v) is 4.44. The van der Waals surface area contributed by atoms with Crippen LogP contribution in [0.1, 0.15) is 15.2 Å². The molecule has 0 saturated carbocycles. The quantitative estimate of drug-likeness (QED) is 0.687. The maximum Gasteiger partial charge on any atom is 0.316 e. The number of nitrogens with two attached hydrogens (primary N) is 1. The molecular formula is C17H15N3O2S. The highest BCUT2D eigenvalue weighted by molar-refractivity contribution is 7.20. The van der Waals surface area contributed by atoms with Gasteiger partial charge >= 0.3 is 6.03 Å². The van der Waals surface area contributed by atoms with Gasteiger partial charge in [-0.1, -0.05) is 30.3 Å². The lowest BCUT2D eigenvalue weighted by Crippen LogP contribution is -2.22. The number of primary amides is 1. The second-order valence-electron chi connectivity index (χ2n) is 5.02. The number of anilines is 1. The number of amides is 3. The highest BCUT2D eigenvalue weighted by atomic mass is 32.1. The van der Waals surface area contributed by atoms with Crippen LogP contribution in [0.3, 0.4) is 0 Å². The van der Waals surface area contributed by atoms with Crippen LogP contribution in [0.5, 0.6) is 0 Å². The SMILES string of the molecule is NC(=O)Nc1ccc(CNC(=O)c2cc3ccccc3s2)cc1. The normalized spacial score (nSPS) is 10.4. The lowest BCUT2D eigenvalue weighted by Gasteiger charge is -2.06. The van der Waals surface area contributed by atoms with E-state index in [4.69, 9.17) is 5.73 Å². The van der Waals surface area contributed by atoms with E-state index in [2.05, 4.69) is 10.6 Å². The second-order valence-corrected chi connectivity index (χ2v) is 6.10. The van der Waals surface area contributed by atoms with Crippen LogP contribution in [-0.2, 0) is 6.54 Å². The smallest absolute Gasteiger partial charge is 0.316 e. The fourth-order valence-corrected chi connectivity index (χ4v) is 3.19. The molecule has 0 atom stereocenters. The van der Waals surface area contributed by atoms with E-state index < -0.39 is 6.03 Å². The maximum atomic E-state index is 12.2. The van der Waals surface area contributed by atoms with E-state index in [-0.39, 0.29) is 5.91 Å². The van der Waals surface area contributed by atoms with E-state index in [9.17, 15) is 9.59 Å². The minimum atomic E-state index is -0.601. The largest absolute Gasteiger partial charge is 0.351 e. The van der Waals surface area contributed by atoms with Gasteiger partial charge in [-0.25, -0.2) is 4.79 Å². The number of urea groups is 1. The van der Waals surface area contributed by atoms with Gasteiger partial charge in [0.1, 0.15) is 0 Å². The zero-order valence-corrected chi connectivity index (χ0v) is 13.0. The number of benzene rings is 2. The summed E-state index contributed by atoms with van der Waals surface area (Å²) < 4.78 is 1.10. The standard InChI is InChI=1S/C17H15N3O2S/c18-17(22)20-13-7-5-11(6-8-13)10-19-16(21)15-9-12-3-1-2-4-14(12)23-15/h1-9H,10H2,(H,19,21)(H3,18,20,22). The molecule has 3 aromatic rings. The first-order valence-corrected chi connectivity index (χ1v) is 7.85. The molecule has 116 valence electrons. The van der Waals surface area contributed by atoms with Crippen molar-refractivity contribution in [2.75, 3.05) is 5.32 Å². The molecule has 5 nitrogen and oxygen atoms in total. The summed E-state index contributed by atoms with van der Waals surface area (Å²) >= 11 is 1.48. The van der Waals surface area contributed by atoms with Crippen LogP contribution in [0.4, 0.5) is 10.5 Å². The zero-order valence-electron chi connectivity index (χ0n) is 12.2. The fraction of sp³-hybridized carbons (Fsp3) is 0.0588. The summed E-state index contributed by atoms with van der Waals surface area (Å²) in [5.74, 6) is -0.0921. The van der Waals surface area contributed by atoms with Crippen molar-refractivity contribution >= 4 is 39.0 Å². The molecule has 4 N–H and O–H groups in total. The predicted octanol–water partition coefficient (Wildman–Crippen LogP) is 3.32. The number of rotatable bonds is 4. The Balaban J connectivity index is 1.63. The summed E-state index contributed by atoms with van der Waals surface area (Å²) in [4.78, 5) is 23.7. The summed E-state index contributed by atoms with van der Waals surface area (Å²) in [6, 6.07) is 16.4. The number of carbonyl (C=O) groups excluding carboxylic acids is 2. The van der Waals surface area contributed by atoms with Crippen molar-refractivity contribution in [3.05, 3.63) is 65.0 Å². The van der Waals surface area contributed by atoms with Gasteiger partial charge in [0, 0.05) is 16.9 Å². The number of carbonyl (C=O) groups is 2. The molecule has 6 heteroatoms. The first-order chi connectivity index (χ1) is 11.1. The van der Waals surface area contributed by atoms with Gasteiger partial charge in [0.05, 0.1) is 4.88 Å². The average Bonchev–Trinajstić information content (AvgIpc) is 2.97. The number of nitrogens with one attached hydrogen (secondary N) is 2. The molecule has 0 aliphatic carbocycles. The van der Waals surface area contributed by atoms with Gasteiger partial charge in [0.15, 0.2) is 0 Å². The Morgan fingerprint density at radius 3 is 2.48 bits per heavy atom. The lowest BCUT2D eigenvalue weighted by molar-refractivity contribution is 0.0955. The minimum Gasteiger partial charge on any atom is -0.351 e. The van der Waals surface area contributed by atoms with Crippen molar-refractivity contribution < 1.29 is 9.59 Å². The molecule has 0 spiro atoms. The van der Waals surface area contributed by atoms with Crippen molar-refractivity contribution in [2.24, 2.45) is 5.73 Å². The topological polar surface area (TPSA) is 84.2 Å². The zero-order chi connectivity index (χ0) is 16.2. The van der Waals surface area contributed by atoms with Crippen molar-refractivity contribution in [3.8, 4) is 0 Å². The van der Waals surface area contributed by atoms with E-state index in [1.807, 2.05) is 42.5 Å². The van der Waals surface area contributed by atoms with E-state index in [0.29, 0.717) is 17.1 Å². The predicted molar refractivity (Wildman–Crippen MR) is 92.6 cm³/mol. The Hall–Kier alpha value is -2.86. The fourth-order valence-electron chi connectivity index (χ4n) is 2.21. The van der Waals surface area contributed by atoms with E-state index in [1.165, 1.54) is 11.3 Å². The molecule has 3 amide bonds. The van der Waals surface area contributed by atoms with Gasteiger partial charge in [-0.3, -0.25) is 4.79 Å². The van der Waals surface area contributed by atoms with Crippen LogP contribution in [0, 0.1) is 0 Å². The van der Waals surface area contributed by atoms with E-state index in [0.717, 1.165) is 15.6 Å². The van der Waals surface area contributed by atoms with Gasteiger partial charge in [0.25, 0.3) is 5.91 Å². The van der Waals surface area contributed by atoms with Crippen LogP contribution in [-0.4, -0.2) is 11.9 Å². The van der Waals surface area contributed by atoms with Crippen LogP contribution in [0.25, 0.3) is 10.1 Å². The average molecular weight is 325 g/mol. The number of fused-ring (bicyclic) bond motifs is 1. The summed E-state index contributed by atoms with van der Waals surface area (Å²) in [5, 5.41) is 6.46. The van der Waals surface area contributed by atoms with Gasteiger partial charge in [-0.2, -0.15) is 0 Å². The minimum absolute atomic E-state index is 0.0921. The first-order valence-electron chi connectivity index (χ1n) is 7.04. The van der Waals surface area contributed by atoms with E-state index >= 15 is 0 Å². The van der Waals surface area contributed by atoms with Crippen molar-refractivity contribution in [2.45, 2.75) is 6.54 Å². The summed E-state index contributed by atoms with van der Waals surface area (Å²) in [6.07, 6.45) is 0. The van der Waals surface area contributed by atoms with Gasteiger partial charge in [-0.05, 0) is 35.2 Å². The summed E-state index contributed by atoms with van der Waals surface area (Å²) in [6.45, 7) is 0.421. The van der Waals surface area contributed by atoms with E-state index in [1.54, 1.807) is 12.1 Å². The monoisotopic (exact) mass is 325 g/mol. The van der Waals surface area contributed by atoms with Crippen molar-refractivity contribution in [1.82, 2.24) is 5.32 Å². The maximum absolute atomic E-state index is 12.2. The van der Waals surface area contributed by atoms with Crippen LogP contribution in [0.15, 0.2) is 54.6 Å². The summed E-state index contributed by atoms with van der Waals surface area (Å²) in [5.41, 5.74) is 6.61. The molecule has 2 aromatic carbocycles. The molecular weight excluding hydrogens is 310 g/mol. The molecule has 0 fully saturated rings. The Morgan fingerprint density at radius 2 is 1.78 bits per heavy atom. The second kappa shape index (κ2) is 6.50. The number of hydrogen-bond donors (Lipinski definition) is 3. The van der Waals surface area contributed by atoms with Gasteiger partial charge < -0.3 is 16.4 Å². The molecule has 0 unspecified atom stereocenters. The summed E-state index contributed by atoms with van der Waals surface area (Å²) in [7, 11) is 0. The third kappa shape index (κ3) is 3.67. The Labute approximate surface area is 137 Å². The first kappa shape index (κ1) is 15.1. The Bertz CT molecular complexity index is 823. The Kier molecular flexibility index (Phi) is 4.25. The molecule has 0 aliphatic rings. The molecule has 0 radical (unpaired) electrons. The van der Waals surface area contributed by atoms with Gasteiger partial charge in [0.2, 0.25) is 0 Å². The lowest BCUT2D eigenvalue weighted by atomic mass is 10.2. The highest BCUT2D eigenvalue weighted by Gasteiger charge is 2.09. The molecule has 0 bridgehead atoms. The highest BCUT2D eigenvalue weighted by Crippen LogP contribution is 2.25. The Morgan fingerprint density at radius 1 is 1.04 bits per heavy atom. The van der Waals surface area contributed by atoms with Gasteiger partial charge in [-0.15, -0.1) is 11.3 Å². The molecule has 1 aromatic heterocycles. The molecule has 1 heterocycles.